The van der Waals surface area contributed by atoms with Crippen LogP contribution in [0.1, 0.15) is 31.2 Å². The Bertz CT molecular complexity index is 1510. The molecular weight excluding hydrogens is 579 g/mol. The molecule has 3 fully saturated rings. The Morgan fingerprint density at radius 3 is 2.38 bits per heavy atom. The topological polar surface area (TPSA) is 104 Å². The van der Waals surface area contributed by atoms with Crippen molar-refractivity contribution in [2.24, 2.45) is 17.8 Å². The molecule has 0 bridgehead atoms. The van der Waals surface area contributed by atoms with Crippen LogP contribution in [0.15, 0.2) is 54.1 Å². The predicted octanol–water partition coefficient (Wildman–Crippen LogP) is 4.64. The molecule has 8 nitrogen and oxygen atoms in total. The number of carbonyl (C=O) groups is 4. The molecule has 11 heteroatoms. The number of nitrogens with zero attached hydrogens (tertiary/aromatic N) is 2. The van der Waals surface area contributed by atoms with Crippen molar-refractivity contribution in [2.45, 2.75) is 35.4 Å². The van der Waals surface area contributed by atoms with Gasteiger partial charge < -0.3 is 9.84 Å². The third-order valence-corrected chi connectivity index (χ3v) is 10.4. The van der Waals surface area contributed by atoms with E-state index in [-0.39, 0.29) is 36.9 Å². The molecule has 2 aliphatic heterocycles. The highest BCUT2D eigenvalue weighted by Crippen LogP contribution is 2.65. The maximum Gasteiger partial charge on any atom is 0.253 e. The molecule has 4 aliphatic rings. The van der Waals surface area contributed by atoms with E-state index in [9.17, 15) is 24.3 Å². The normalized spacial score (nSPS) is 33.1. The molecule has 1 saturated carbocycles. The fourth-order valence-electron chi connectivity index (χ4n) is 6.94. The van der Waals surface area contributed by atoms with E-state index in [1.54, 1.807) is 43.3 Å². The van der Waals surface area contributed by atoms with Gasteiger partial charge in [-0.1, -0.05) is 29.3 Å². The van der Waals surface area contributed by atoms with Crippen molar-refractivity contribution in [1.82, 2.24) is 4.90 Å². The lowest BCUT2D eigenvalue weighted by molar-refractivity contribution is -0.138. The number of hydrogen-bond donors (Lipinski definition) is 1. The second-order valence-corrected chi connectivity index (χ2v) is 12.3. The summed E-state index contributed by atoms with van der Waals surface area (Å²) >= 11 is 20.4. The minimum atomic E-state index is -1.91. The summed E-state index contributed by atoms with van der Waals surface area (Å²) in [5.41, 5.74) is 1.57. The van der Waals surface area contributed by atoms with Gasteiger partial charge in [0.05, 0.1) is 24.1 Å². The number of rotatable bonds is 4. The van der Waals surface area contributed by atoms with Gasteiger partial charge in [-0.3, -0.25) is 29.0 Å². The number of allylic oxidation sites excluding steroid dienone is 2. The van der Waals surface area contributed by atoms with E-state index in [4.69, 9.17) is 39.5 Å². The van der Waals surface area contributed by atoms with Crippen LogP contribution in [0.25, 0.3) is 0 Å². The smallest absolute Gasteiger partial charge is 0.253 e. The fourth-order valence-corrected chi connectivity index (χ4v) is 8.09. The third-order valence-electron chi connectivity index (χ3n) is 8.72. The number of aromatic hydroxyl groups is 1. The van der Waals surface area contributed by atoms with E-state index >= 15 is 0 Å². The number of carbonyl (C=O) groups excluding carboxylic acids is 4. The lowest BCUT2D eigenvalue weighted by Crippen LogP contribution is -2.60. The standard InChI is InChI=1S/C29H25Cl3N2O6/c1-3-40-21-12-14(4-11-20(21)35)23-17-9-10-18-22(25(37)34(24(18)36)16-7-5-15(30)6-8-16)19(17)13-28(31)26(38)33(2)27(39)29(23,28)32/h4-9,11-12,18-19,22-23,35H,3,10,13H2,1-2H3. The number of ether oxygens (including phenoxy) is 1. The highest BCUT2D eigenvalue weighted by Gasteiger charge is 2.75. The number of amides is 4. The summed E-state index contributed by atoms with van der Waals surface area (Å²) in [5.74, 6) is -5.01. The average Bonchev–Trinajstić information content (AvgIpc) is 3.26. The number of benzene rings is 2. The average molecular weight is 604 g/mol. The number of alkyl halides is 2. The Labute approximate surface area is 245 Å². The van der Waals surface area contributed by atoms with E-state index in [0.29, 0.717) is 21.8 Å². The molecule has 4 amide bonds. The molecule has 6 atom stereocenters. The van der Waals surface area contributed by atoms with Crippen molar-refractivity contribution in [3.8, 4) is 11.5 Å². The second-order valence-electron chi connectivity index (χ2n) is 10.6. The first-order valence-corrected chi connectivity index (χ1v) is 14.1. The molecule has 2 aromatic carbocycles. The van der Waals surface area contributed by atoms with E-state index in [1.807, 2.05) is 6.08 Å². The molecule has 2 aromatic rings. The second kappa shape index (κ2) is 9.23. The molecule has 1 N–H and O–H groups in total. The summed E-state index contributed by atoms with van der Waals surface area (Å²) in [6.07, 6.45) is 2.01. The number of phenols is 1. The Morgan fingerprint density at radius 1 is 1.00 bits per heavy atom. The van der Waals surface area contributed by atoms with Crippen molar-refractivity contribution in [3.05, 3.63) is 64.7 Å². The van der Waals surface area contributed by atoms with Gasteiger partial charge in [-0.2, -0.15) is 0 Å². The number of likely N-dealkylation sites (tertiary alicyclic amines) is 1. The fraction of sp³-hybridized carbons (Fsp3) is 0.379. The van der Waals surface area contributed by atoms with Crippen LogP contribution in [0.2, 0.25) is 5.02 Å². The van der Waals surface area contributed by atoms with Gasteiger partial charge in [0.15, 0.2) is 21.2 Å². The number of hydrogen-bond acceptors (Lipinski definition) is 6. The Hall–Kier alpha value is -3.07. The van der Waals surface area contributed by atoms with Gasteiger partial charge >= 0.3 is 0 Å². The minimum Gasteiger partial charge on any atom is -0.504 e. The van der Waals surface area contributed by atoms with E-state index in [1.165, 1.54) is 18.0 Å². The first-order chi connectivity index (χ1) is 19.0. The molecule has 208 valence electrons. The number of halogens is 3. The van der Waals surface area contributed by atoms with Crippen molar-refractivity contribution >= 4 is 64.1 Å². The summed E-state index contributed by atoms with van der Waals surface area (Å²) in [5, 5.41) is 10.8. The van der Waals surface area contributed by atoms with Crippen molar-refractivity contribution in [3.63, 3.8) is 0 Å². The maximum atomic E-state index is 14.0. The van der Waals surface area contributed by atoms with Crippen LogP contribution < -0.4 is 9.64 Å². The molecule has 6 unspecified atom stereocenters. The highest BCUT2D eigenvalue weighted by molar-refractivity contribution is 6.53. The van der Waals surface area contributed by atoms with Crippen molar-refractivity contribution in [1.29, 1.82) is 0 Å². The first kappa shape index (κ1) is 27.1. The van der Waals surface area contributed by atoms with Crippen LogP contribution in [-0.2, 0) is 19.2 Å². The van der Waals surface area contributed by atoms with E-state index in [0.717, 1.165) is 4.90 Å². The van der Waals surface area contributed by atoms with Gasteiger partial charge in [-0.25, -0.2) is 0 Å². The Kier molecular flexibility index (Phi) is 6.25. The summed E-state index contributed by atoms with van der Waals surface area (Å²) in [6, 6.07) is 11.1. The molecule has 2 saturated heterocycles. The van der Waals surface area contributed by atoms with Crippen LogP contribution in [0.4, 0.5) is 5.69 Å². The van der Waals surface area contributed by atoms with Crippen molar-refractivity contribution < 1.29 is 29.0 Å². The zero-order valence-electron chi connectivity index (χ0n) is 21.6. The van der Waals surface area contributed by atoms with Crippen LogP contribution >= 0.6 is 34.8 Å². The third kappa shape index (κ3) is 3.45. The molecule has 2 heterocycles. The summed E-state index contributed by atoms with van der Waals surface area (Å²) in [4.78, 5) is 53.0. The molecule has 0 radical (unpaired) electrons. The molecule has 0 spiro atoms. The van der Waals surface area contributed by atoms with E-state index < -0.39 is 51.1 Å². The molecule has 2 aliphatic carbocycles. The lowest BCUT2D eigenvalue weighted by Gasteiger charge is -2.50. The van der Waals surface area contributed by atoms with Gasteiger partial charge in [0.1, 0.15) is 0 Å². The minimum absolute atomic E-state index is 0.0969. The lowest BCUT2D eigenvalue weighted by atomic mass is 9.56. The number of phenolic OH excluding ortho intramolecular Hbond substituents is 1. The number of anilines is 1. The zero-order valence-corrected chi connectivity index (χ0v) is 23.8. The zero-order chi connectivity index (χ0) is 28.7. The highest BCUT2D eigenvalue weighted by atomic mass is 35.5. The van der Waals surface area contributed by atoms with Crippen molar-refractivity contribution in [2.75, 3.05) is 18.6 Å². The van der Waals surface area contributed by atoms with Gasteiger partial charge in [-0.05, 0) is 67.6 Å². The van der Waals surface area contributed by atoms with Crippen LogP contribution in [-0.4, -0.2) is 57.0 Å². The Balaban J connectivity index is 1.51. The van der Waals surface area contributed by atoms with E-state index in [2.05, 4.69) is 0 Å². The van der Waals surface area contributed by atoms with Crippen LogP contribution in [0, 0.1) is 17.8 Å². The molecule has 0 aromatic heterocycles. The van der Waals surface area contributed by atoms with Crippen LogP contribution in [0.5, 0.6) is 11.5 Å². The largest absolute Gasteiger partial charge is 0.504 e. The molecule has 6 rings (SSSR count). The van der Waals surface area contributed by atoms with Gasteiger partial charge in [0.2, 0.25) is 11.8 Å². The summed E-state index contributed by atoms with van der Waals surface area (Å²) in [6.45, 7) is 2.04. The van der Waals surface area contributed by atoms with Crippen LogP contribution in [0.3, 0.4) is 0 Å². The van der Waals surface area contributed by atoms with Gasteiger partial charge in [0, 0.05) is 18.0 Å². The Morgan fingerprint density at radius 2 is 1.70 bits per heavy atom. The summed E-state index contributed by atoms with van der Waals surface area (Å²) < 4.78 is 5.59. The molecular formula is C29H25Cl3N2O6. The molecule has 40 heavy (non-hydrogen) atoms. The quantitative estimate of drug-likeness (QED) is 0.310. The summed E-state index contributed by atoms with van der Waals surface area (Å²) in [7, 11) is 1.34. The maximum absolute atomic E-state index is 14.0. The predicted molar refractivity (Wildman–Crippen MR) is 149 cm³/mol. The first-order valence-electron chi connectivity index (χ1n) is 12.9. The van der Waals surface area contributed by atoms with Gasteiger partial charge in [0.25, 0.3) is 11.8 Å². The number of imide groups is 2. The monoisotopic (exact) mass is 602 g/mol. The number of fused-ring (bicyclic) bond motifs is 4. The van der Waals surface area contributed by atoms with Gasteiger partial charge in [-0.15, -0.1) is 23.2 Å². The SMILES string of the molecule is CCOc1cc(C2C3=CCC4C(=O)N(c5ccc(Cl)cc5)C(=O)C4C3CC3(Cl)C(=O)N(C)C(=O)C23Cl)ccc1O.